The van der Waals surface area contributed by atoms with Gasteiger partial charge in [-0.1, -0.05) is 60.3 Å². The largest absolute Gasteiger partial charge is 0.350 e. The maximum absolute atomic E-state index is 12.5. The molecular weight excluding hydrogens is 344 g/mol. The average molecular weight is 371 g/mol. The summed E-state index contributed by atoms with van der Waals surface area (Å²) in [5.74, 6) is -0.0700. The summed E-state index contributed by atoms with van der Waals surface area (Å²) >= 11 is 6.01. The van der Waals surface area contributed by atoms with Crippen molar-refractivity contribution in [1.82, 2.24) is 10.2 Å². The molecule has 1 heterocycles. The summed E-state index contributed by atoms with van der Waals surface area (Å²) in [5, 5.41) is 3.70. The molecule has 1 atom stereocenters. The Hall–Kier alpha value is -1.84. The number of carbonyl (C=O) groups excluding carboxylic acids is 1. The predicted molar refractivity (Wildman–Crippen MR) is 108 cm³/mol. The van der Waals surface area contributed by atoms with Crippen LogP contribution in [0, 0.1) is 6.92 Å². The van der Waals surface area contributed by atoms with Gasteiger partial charge in [0.05, 0.1) is 6.04 Å². The summed E-state index contributed by atoms with van der Waals surface area (Å²) in [6, 6.07) is 16.0. The quantitative estimate of drug-likeness (QED) is 0.803. The molecule has 0 unspecified atom stereocenters. The van der Waals surface area contributed by atoms with Crippen LogP contribution in [0.4, 0.5) is 0 Å². The lowest BCUT2D eigenvalue weighted by atomic mass is 10.0. The molecule has 2 aromatic carbocycles. The fourth-order valence-corrected chi connectivity index (χ4v) is 3.76. The van der Waals surface area contributed by atoms with Crippen LogP contribution >= 0.6 is 11.6 Å². The number of amides is 1. The minimum absolute atomic E-state index is 0.0700. The Morgan fingerprint density at radius 3 is 2.42 bits per heavy atom. The van der Waals surface area contributed by atoms with Crippen LogP contribution in [-0.2, 0) is 0 Å². The average Bonchev–Trinajstić information content (AvgIpc) is 2.92. The molecule has 2 aromatic rings. The first-order valence-corrected chi connectivity index (χ1v) is 9.85. The van der Waals surface area contributed by atoms with Gasteiger partial charge < -0.3 is 5.32 Å². The number of likely N-dealkylation sites (tertiary alicyclic amines) is 1. The fraction of sp³-hybridized carbons (Fsp3) is 0.409. The summed E-state index contributed by atoms with van der Waals surface area (Å²) in [6.07, 6.45) is 5.05. The van der Waals surface area contributed by atoms with Gasteiger partial charge in [0, 0.05) is 17.1 Å². The number of hydrogen-bond donors (Lipinski definition) is 1. The van der Waals surface area contributed by atoms with Crippen molar-refractivity contribution in [2.75, 3.05) is 19.6 Å². The van der Waals surface area contributed by atoms with Crippen molar-refractivity contribution in [3.8, 4) is 0 Å². The van der Waals surface area contributed by atoms with E-state index in [1.165, 1.54) is 36.8 Å². The first-order chi connectivity index (χ1) is 12.6. The number of benzene rings is 2. The lowest BCUT2D eigenvalue weighted by Gasteiger charge is -2.31. The molecule has 0 spiro atoms. The van der Waals surface area contributed by atoms with Crippen molar-refractivity contribution >= 4 is 17.5 Å². The van der Waals surface area contributed by atoms with Gasteiger partial charge in [0.1, 0.15) is 0 Å². The summed E-state index contributed by atoms with van der Waals surface area (Å²) in [6.45, 7) is 4.89. The zero-order chi connectivity index (χ0) is 18.4. The fourth-order valence-electron chi connectivity index (χ4n) is 3.57. The van der Waals surface area contributed by atoms with Gasteiger partial charge in [-0.15, -0.1) is 0 Å². The number of aryl methyl sites for hydroxylation is 1. The Labute approximate surface area is 161 Å². The Balaban J connectivity index is 1.74. The van der Waals surface area contributed by atoms with Crippen LogP contribution in [0.5, 0.6) is 0 Å². The molecule has 1 aliphatic heterocycles. The molecular formula is C22H27ClN2O. The number of nitrogens with one attached hydrogen (secondary N) is 1. The van der Waals surface area contributed by atoms with E-state index in [0.29, 0.717) is 17.1 Å². The highest BCUT2D eigenvalue weighted by molar-refractivity contribution is 6.30. The molecule has 3 rings (SSSR count). The van der Waals surface area contributed by atoms with Crippen molar-refractivity contribution < 1.29 is 4.79 Å². The first kappa shape index (κ1) is 18.9. The van der Waals surface area contributed by atoms with Crippen LogP contribution in [0.25, 0.3) is 0 Å². The zero-order valence-electron chi connectivity index (χ0n) is 15.4. The Morgan fingerprint density at radius 2 is 1.77 bits per heavy atom. The van der Waals surface area contributed by atoms with E-state index in [-0.39, 0.29) is 11.9 Å². The lowest BCUT2D eigenvalue weighted by molar-refractivity contribution is 0.0933. The van der Waals surface area contributed by atoms with E-state index in [1.54, 1.807) is 18.2 Å². The van der Waals surface area contributed by atoms with E-state index in [2.05, 4.69) is 41.4 Å². The maximum atomic E-state index is 12.5. The van der Waals surface area contributed by atoms with Crippen LogP contribution in [0.1, 0.15) is 53.2 Å². The van der Waals surface area contributed by atoms with E-state index >= 15 is 0 Å². The van der Waals surface area contributed by atoms with Gasteiger partial charge in [0.15, 0.2) is 0 Å². The number of nitrogens with zero attached hydrogens (tertiary/aromatic N) is 1. The van der Waals surface area contributed by atoms with Gasteiger partial charge in [-0.2, -0.15) is 0 Å². The molecule has 4 heteroatoms. The number of carbonyl (C=O) groups is 1. The summed E-state index contributed by atoms with van der Waals surface area (Å²) in [7, 11) is 0. The Bertz CT molecular complexity index is 721. The lowest BCUT2D eigenvalue weighted by Crippen LogP contribution is -2.38. The molecule has 26 heavy (non-hydrogen) atoms. The third-order valence-electron chi connectivity index (χ3n) is 5.09. The molecule has 3 nitrogen and oxygen atoms in total. The summed E-state index contributed by atoms with van der Waals surface area (Å²) in [5.41, 5.74) is 3.13. The van der Waals surface area contributed by atoms with Crippen LogP contribution in [0.15, 0.2) is 48.5 Å². The number of rotatable bonds is 5. The highest BCUT2D eigenvalue weighted by Crippen LogP contribution is 2.24. The van der Waals surface area contributed by atoms with E-state index in [9.17, 15) is 4.79 Å². The second-order valence-electron chi connectivity index (χ2n) is 7.10. The van der Waals surface area contributed by atoms with Gasteiger partial charge in [0.25, 0.3) is 5.91 Å². The van der Waals surface area contributed by atoms with E-state index in [1.807, 2.05) is 6.07 Å². The van der Waals surface area contributed by atoms with Gasteiger partial charge in [-0.25, -0.2) is 0 Å². The van der Waals surface area contributed by atoms with Gasteiger partial charge in [0.2, 0.25) is 0 Å². The molecule has 0 radical (unpaired) electrons. The van der Waals surface area contributed by atoms with Crippen molar-refractivity contribution in [1.29, 1.82) is 0 Å². The van der Waals surface area contributed by atoms with E-state index < -0.39 is 0 Å². The molecule has 0 saturated carbocycles. The maximum Gasteiger partial charge on any atom is 0.251 e. The third-order valence-corrected chi connectivity index (χ3v) is 5.32. The molecule has 1 N–H and O–H groups in total. The van der Waals surface area contributed by atoms with Crippen LogP contribution in [-0.4, -0.2) is 30.4 Å². The van der Waals surface area contributed by atoms with Crippen molar-refractivity contribution in [2.24, 2.45) is 0 Å². The summed E-state index contributed by atoms with van der Waals surface area (Å²) < 4.78 is 0. The smallest absolute Gasteiger partial charge is 0.251 e. The second kappa shape index (κ2) is 9.20. The van der Waals surface area contributed by atoms with Crippen LogP contribution < -0.4 is 5.32 Å². The number of hydrogen-bond acceptors (Lipinski definition) is 2. The monoisotopic (exact) mass is 370 g/mol. The van der Waals surface area contributed by atoms with E-state index in [4.69, 9.17) is 11.6 Å². The molecule has 1 fully saturated rings. The van der Waals surface area contributed by atoms with Gasteiger partial charge in [-0.05, 0) is 56.6 Å². The van der Waals surface area contributed by atoms with Gasteiger partial charge in [-0.3, -0.25) is 9.69 Å². The van der Waals surface area contributed by atoms with Crippen molar-refractivity contribution in [2.45, 2.75) is 38.6 Å². The molecule has 1 amide bonds. The normalized spacial score (nSPS) is 16.7. The number of halogens is 1. The van der Waals surface area contributed by atoms with Gasteiger partial charge >= 0.3 is 0 Å². The molecule has 138 valence electrons. The van der Waals surface area contributed by atoms with Crippen LogP contribution in [0.3, 0.4) is 0 Å². The predicted octanol–water partition coefficient (Wildman–Crippen LogP) is 5.00. The molecule has 1 saturated heterocycles. The van der Waals surface area contributed by atoms with Crippen molar-refractivity contribution in [3.05, 3.63) is 70.2 Å². The molecule has 1 aliphatic rings. The molecule has 0 bridgehead atoms. The summed E-state index contributed by atoms with van der Waals surface area (Å²) in [4.78, 5) is 15.1. The Kier molecular flexibility index (Phi) is 6.70. The first-order valence-electron chi connectivity index (χ1n) is 9.48. The second-order valence-corrected chi connectivity index (χ2v) is 7.53. The molecule has 0 aliphatic carbocycles. The topological polar surface area (TPSA) is 32.3 Å². The van der Waals surface area contributed by atoms with E-state index in [0.717, 1.165) is 13.1 Å². The van der Waals surface area contributed by atoms with Crippen molar-refractivity contribution in [3.63, 3.8) is 0 Å². The minimum atomic E-state index is -0.0700. The highest BCUT2D eigenvalue weighted by atomic mass is 35.5. The Morgan fingerprint density at radius 1 is 1.08 bits per heavy atom. The molecule has 0 aromatic heterocycles. The standard InChI is InChI=1S/C22H27ClN2O/c1-17-9-11-18(12-10-17)21(25-13-4-2-3-5-14-25)16-24-22(26)19-7-6-8-20(23)15-19/h6-12,15,21H,2-5,13-14,16H2,1H3,(H,24,26)/t21-/m0/s1. The third kappa shape index (κ3) is 5.09. The minimum Gasteiger partial charge on any atom is -0.350 e. The zero-order valence-corrected chi connectivity index (χ0v) is 16.1. The SMILES string of the molecule is Cc1ccc([C@H](CNC(=O)c2cccc(Cl)c2)N2CCCCCC2)cc1. The van der Waals surface area contributed by atoms with Crippen LogP contribution in [0.2, 0.25) is 5.02 Å². The highest BCUT2D eigenvalue weighted by Gasteiger charge is 2.22.